The zero-order valence-corrected chi connectivity index (χ0v) is 10.1. The molecular formula is C10H10ClZr-. The molecule has 0 atom stereocenters. The van der Waals surface area contributed by atoms with Crippen molar-refractivity contribution in [3.05, 3.63) is 42.0 Å². The molecule has 12 heavy (non-hydrogen) atoms. The Bertz CT molecular complexity index is 318. The molecule has 0 aliphatic rings. The molecule has 0 aliphatic heterocycles. The monoisotopic (exact) mass is 255 g/mol. The average molecular weight is 257 g/mol. The second-order valence-electron chi connectivity index (χ2n) is 2.66. The third-order valence-corrected chi connectivity index (χ3v) is 1.76. The van der Waals surface area contributed by atoms with Gasteiger partial charge in [0.05, 0.1) is 0 Å². The molecule has 0 aromatic heterocycles. The van der Waals surface area contributed by atoms with E-state index < -0.39 is 0 Å². The topological polar surface area (TPSA) is 0 Å². The minimum Gasteiger partial charge on any atom is -0.165 e. The van der Waals surface area contributed by atoms with Crippen molar-refractivity contribution in [1.29, 1.82) is 0 Å². The Kier molecular flexibility index (Phi) is 4.89. The van der Waals surface area contributed by atoms with Crippen LogP contribution in [0.3, 0.4) is 0 Å². The first kappa shape index (κ1) is 12.0. The van der Waals surface area contributed by atoms with Crippen molar-refractivity contribution in [2.45, 2.75) is 6.92 Å². The summed E-state index contributed by atoms with van der Waals surface area (Å²) in [7, 11) is 0. The summed E-state index contributed by atoms with van der Waals surface area (Å²) in [5.74, 6) is 0. The maximum absolute atomic E-state index is 2.20. The van der Waals surface area contributed by atoms with Crippen LogP contribution in [0.15, 0.2) is 36.4 Å². The van der Waals surface area contributed by atoms with Gasteiger partial charge in [0.1, 0.15) is 0 Å². The predicted molar refractivity (Wildman–Crippen MR) is 51.5 cm³/mol. The van der Waals surface area contributed by atoms with Crippen LogP contribution in [0.25, 0.3) is 10.8 Å². The summed E-state index contributed by atoms with van der Waals surface area (Å²) in [4.78, 5) is 0. The molecule has 0 saturated carbocycles. The van der Waals surface area contributed by atoms with Gasteiger partial charge in [-0.15, -0.1) is 53.0 Å². The normalized spacial score (nSPS) is 8.75. The van der Waals surface area contributed by atoms with Crippen LogP contribution in [0, 0.1) is 6.92 Å². The number of halogens is 1. The molecule has 0 aliphatic carbocycles. The molecule has 2 rings (SSSR count). The number of aryl methyl sites for hydroxylation is 1. The summed E-state index contributed by atoms with van der Waals surface area (Å²) in [5, 5.41) is 2.69. The van der Waals surface area contributed by atoms with Crippen LogP contribution in [0.4, 0.5) is 0 Å². The SMILES string of the molecule is Cc1cc2ccccc2[cH-]1.Cl.[Zr]. The summed E-state index contributed by atoms with van der Waals surface area (Å²) in [6.45, 7) is 2.12. The van der Waals surface area contributed by atoms with E-state index in [-0.39, 0.29) is 38.6 Å². The van der Waals surface area contributed by atoms with E-state index >= 15 is 0 Å². The zero-order chi connectivity index (χ0) is 6.97. The molecule has 0 N–H and O–H groups in total. The van der Waals surface area contributed by atoms with Crippen LogP contribution >= 0.6 is 12.4 Å². The largest absolute Gasteiger partial charge is 0.165 e. The summed E-state index contributed by atoms with van der Waals surface area (Å²) >= 11 is 0. The third-order valence-electron chi connectivity index (χ3n) is 1.76. The molecule has 0 unspecified atom stereocenters. The molecule has 0 bridgehead atoms. The number of rotatable bonds is 0. The maximum atomic E-state index is 2.20. The van der Waals surface area contributed by atoms with E-state index in [1.54, 1.807) is 0 Å². The van der Waals surface area contributed by atoms with Gasteiger partial charge in [-0.1, -0.05) is 13.0 Å². The summed E-state index contributed by atoms with van der Waals surface area (Å²) in [6, 6.07) is 12.8. The number of fused-ring (bicyclic) bond motifs is 1. The molecule has 0 heterocycles. The van der Waals surface area contributed by atoms with E-state index in [1.165, 1.54) is 16.3 Å². The van der Waals surface area contributed by atoms with Gasteiger partial charge in [-0.25, -0.2) is 0 Å². The quantitative estimate of drug-likeness (QED) is 0.635. The first-order chi connectivity index (χ1) is 4.86. The van der Waals surface area contributed by atoms with Gasteiger partial charge in [0.25, 0.3) is 0 Å². The summed E-state index contributed by atoms with van der Waals surface area (Å²) in [6.07, 6.45) is 0. The Balaban J connectivity index is 0.000000605. The minimum atomic E-state index is 0. The van der Waals surface area contributed by atoms with Crippen molar-refractivity contribution in [1.82, 2.24) is 0 Å². The minimum absolute atomic E-state index is 0. The van der Waals surface area contributed by atoms with Gasteiger partial charge >= 0.3 is 0 Å². The van der Waals surface area contributed by atoms with Crippen LogP contribution in [-0.2, 0) is 26.2 Å². The van der Waals surface area contributed by atoms with E-state index in [1.807, 2.05) is 0 Å². The standard InChI is InChI=1S/C10H9.ClH.Zr/c1-8-6-9-4-2-3-5-10(9)7-8;;/h2-7H,1H3;1H;/q-1;;. The van der Waals surface area contributed by atoms with Gasteiger partial charge < -0.3 is 0 Å². The first-order valence-corrected chi connectivity index (χ1v) is 3.48. The molecule has 0 saturated heterocycles. The van der Waals surface area contributed by atoms with Gasteiger partial charge in [-0.05, 0) is 0 Å². The Morgan fingerprint density at radius 2 is 1.83 bits per heavy atom. The van der Waals surface area contributed by atoms with Crippen LogP contribution in [-0.4, -0.2) is 0 Å². The Labute approximate surface area is 97.9 Å². The fraction of sp³-hybridized carbons (Fsp3) is 0.100. The van der Waals surface area contributed by atoms with Gasteiger partial charge in [0, 0.05) is 26.2 Å². The molecule has 0 spiro atoms. The van der Waals surface area contributed by atoms with E-state index in [0.717, 1.165) is 0 Å². The molecule has 0 amide bonds. The molecular weight excluding hydrogens is 247 g/mol. The van der Waals surface area contributed by atoms with Crippen molar-refractivity contribution in [2.75, 3.05) is 0 Å². The smallest absolute Gasteiger partial charge is 0 e. The number of hydrogen-bond acceptors (Lipinski definition) is 0. The van der Waals surface area contributed by atoms with E-state index in [9.17, 15) is 0 Å². The van der Waals surface area contributed by atoms with Crippen LogP contribution in [0.5, 0.6) is 0 Å². The molecule has 0 radical (unpaired) electrons. The van der Waals surface area contributed by atoms with Crippen LogP contribution in [0.1, 0.15) is 5.56 Å². The summed E-state index contributed by atoms with van der Waals surface area (Å²) < 4.78 is 0. The van der Waals surface area contributed by atoms with Crippen molar-refractivity contribution >= 4 is 23.2 Å². The molecule has 2 heteroatoms. The molecule has 2 aromatic rings. The van der Waals surface area contributed by atoms with Gasteiger partial charge in [0.15, 0.2) is 0 Å². The van der Waals surface area contributed by atoms with E-state index in [2.05, 4.69) is 43.3 Å². The second kappa shape index (κ2) is 4.89. The fourth-order valence-electron chi connectivity index (χ4n) is 1.31. The number of hydrogen-bond donors (Lipinski definition) is 0. The van der Waals surface area contributed by atoms with Crippen molar-refractivity contribution < 1.29 is 26.2 Å². The van der Waals surface area contributed by atoms with Gasteiger partial charge in [0.2, 0.25) is 0 Å². The van der Waals surface area contributed by atoms with E-state index in [4.69, 9.17) is 0 Å². The average Bonchev–Trinajstić information content (AvgIpc) is 2.27. The molecule has 0 fully saturated rings. The molecule has 2 aromatic carbocycles. The molecule has 62 valence electrons. The Morgan fingerprint density at radius 3 is 2.50 bits per heavy atom. The van der Waals surface area contributed by atoms with Crippen molar-refractivity contribution in [3.63, 3.8) is 0 Å². The van der Waals surface area contributed by atoms with Crippen LogP contribution < -0.4 is 0 Å². The van der Waals surface area contributed by atoms with E-state index in [0.29, 0.717) is 0 Å². The van der Waals surface area contributed by atoms with Crippen molar-refractivity contribution in [2.24, 2.45) is 0 Å². The molecule has 0 nitrogen and oxygen atoms in total. The number of benzene rings is 1. The zero-order valence-electron chi connectivity index (χ0n) is 6.87. The predicted octanol–water partition coefficient (Wildman–Crippen LogP) is 3.29. The second-order valence-corrected chi connectivity index (χ2v) is 2.66. The Hall–Kier alpha value is 0.00312. The maximum Gasteiger partial charge on any atom is 0 e. The van der Waals surface area contributed by atoms with Gasteiger partial charge in [-0.2, -0.15) is 6.07 Å². The van der Waals surface area contributed by atoms with Crippen LogP contribution in [0.2, 0.25) is 0 Å². The third kappa shape index (κ3) is 2.25. The van der Waals surface area contributed by atoms with Gasteiger partial charge in [-0.3, -0.25) is 0 Å². The first-order valence-electron chi connectivity index (χ1n) is 3.48. The fourth-order valence-corrected chi connectivity index (χ4v) is 1.31. The summed E-state index contributed by atoms with van der Waals surface area (Å²) in [5.41, 5.74) is 1.35. The van der Waals surface area contributed by atoms with Crippen molar-refractivity contribution in [3.8, 4) is 0 Å². The Morgan fingerprint density at radius 1 is 1.17 bits per heavy atom.